The second-order valence-corrected chi connectivity index (χ2v) is 9.05. The number of nitrogens with zero attached hydrogens (tertiary/aromatic N) is 1. The highest BCUT2D eigenvalue weighted by Crippen LogP contribution is 2.39. The molecule has 0 fully saturated rings. The topological polar surface area (TPSA) is 73.4 Å². The van der Waals surface area contributed by atoms with E-state index in [2.05, 4.69) is 44.0 Å². The molecule has 4 aromatic rings. The summed E-state index contributed by atoms with van der Waals surface area (Å²) in [5.41, 5.74) is 4.78. The van der Waals surface area contributed by atoms with Crippen molar-refractivity contribution >= 4 is 16.9 Å². The maximum absolute atomic E-state index is 13.6. The first-order valence-electron chi connectivity index (χ1n) is 13.3. The molecule has 0 saturated heterocycles. The molecule has 194 valence electrons. The molecule has 0 bridgehead atoms. The van der Waals surface area contributed by atoms with Crippen LogP contribution in [0.1, 0.15) is 67.9 Å². The molecule has 6 heteroatoms. The van der Waals surface area contributed by atoms with Crippen LogP contribution in [0, 0.1) is 0 Å². The Morgan fingerprint density at radius 3 is 2.41 bits per heavy atom. The Bertz CT molecular complexity index is 1310. The van der Waals surface area contributed by atoms with Gasteiger partial charge in [0.1, 0.15) is 12.4 Å². The van der Waals surface area contributed by atoms with Crippen LogP contribution in [0.25, 0.3) is 22.2 Å². The first kappa shape index (κ1) is 26.3. The van der Waals surface area contributed by atoms with Gasteiger partial charge in [0, 0.05) is 22.8 Å². The number of carbonyl (C=O) groups is 1. The molecule has 4 rings (SSSR count). The van der Waals surface area contributed by atoms with Crippen molar-refractivity contribution in [1.82, 2.24) is 9.97 Å². The fraction of sp³-hybridized carbons (Fsp3) is 0.355. The molecule has 6 nitrogen and oxygen atoms in total. The number of carbonyl (C=O) groups excluding carboxylic acids is 1. The Kier molecular flexibility index (Phi) is 9.19. The van der Waals surface area contributed by atoms with Crippen LogP contribution >= 0.6 is 0 Å². The van der Waals surface area contributed by atoms with E-state index in [1.807, 2.05) is 42.6 Å². The number of aromatic nitrogens is 2. The Morgan fingerprint density at radius 2 is 1.68 bits per heavy atom. The van der Waals surface area contributed by atoms with Gasteiger partial charge in [0.05, 0.1) is 18.9 Å². The van der Waals surface area contributed by atoms with Crippen LogP contribution in [0.4, 0.5) is 0 Å². The lowest BCUT2D eigenvalue weighted by molar-refractivity contribution is 0.0461. The predicted molar refractivity (Wildman–Crippen MR) is 147 cm³/mol. The van der Waals surface area contributed by atoms with Crippen LogP contribution in [-0.2, 0) is 17.8 Å². The molecule has 0 aliphatic heterocycles. The van der Waals surface area contributed by atoms with Crippen molar-refractivity contribution in [3.05, 3.63) is 77.5 Å². The number of hydrogen-bond acceptors (Lipinski definition) is 5. The molecule has 2 heterocycles. The maximum Gasteiger partial charge on any atom is 0.347 e. The predicted octanol–water partition coefficient (Wildman–Crippen LogP) is 7.51. The third kappa shape index (κ3) is 6.31. The van der Waals surface area contributed by atoms with Crippen LogP contribution in [0.2, 0.25) is 0 Å². The monoisotopic (exact) mass is 500 g/mol. The Labute approximate surface area is 219 Å². The standard InChI is InChI=1S/C31H36N2O4/c1-4-7-18-35-29-25(6-3)28(24-15-14-23-16-17-32-26(23)20-24)33-30(36-19-8-5-2)27(29)31(34)37-21-22-12-10-9-11-13-22/h9-17,20,32H,4-8,18-19,21H2,1-3H3. The SMILES string of the molecule is CCCCOc1nc(-c2ccc3cc[nH]c3c2)c(CC)c(OCCCC)c1C(=O)OCc1ccccc1. The summed E-state index contributed by atoms with van der Waals surface area (Å²) < 4.78 is 18.2. The average molecular weight is 501 g/mol. The summed E-state index contributed by atoms with van der Waals surface area (Å²) in [6, 6.07) is 17.9. The molecule has 0 saturated carbocycles. The highest BCUT2D eigenvalue weighted by Gasteiger charge is 2.28. The van der Waals surface area contributed by atoms with E-state index < -0.39 is 5.97 Å². The Hall–Kier alpha value is -3.80. The average Bonchev–Trinajstić information content (AvgIpc) is 3.40. The molecule has 0 aliphatic rings. The van der Waals surface area contributed by atoms with E-state index in [0.717, 1.165) is 59.0 Å². The zero-order valence-corrected chi connectivity index (χ0v) is 22.0. The molecule has 1 N–H and O–H groups in total. The Morgan fingerprint density at radius 1 is 0.919 bits per heavy atom. The van der Waals surface area contributed by atoms with Gasteiger partial charge in [-0.05, 0) is 42.3 Å². The minimum atomic E-state index is -0.490. The summed E-state index contributed by atoms with van der Waals surface area (Å²) in [7, 11) is 0. The molecule has 0 spiro atoms. The van der Waals surface area contributed by atoms with Crippen molar-refractivity contribution in [2.75, 3.05) is 13.2 Å². The molecular weight excluding hydrogens is 464 g/mol. The number of ether oxygens (including phenoxy) is 3. The lowest BCUT2D eigenvalue weighted by Crippen LogP contribution is -2.16. The van der Waals surface area contributed by atoms with Gasteiger partial charge in [-0.25, -0.2) is 9.78 Å². The number of esters is 1. The number of rotatable bonds is 13. The van der Waals surface area contributed by atoms with E-state index in [1.165, 1.54) is 0 Å². The molecule has 2 aromatic heterocycles. The number of benzene rings is 2. The van der Waals surface area contributed by atoms with E-state index in [1.54, 1.807) is 0 Å². The first-order chi connectivity index (χ1) is 18.2. The first-order valence-corrected chi connectivity index (χ1v) is 13.3. The molecular formula is C31H36N2O4. The van der Waals surface area contributed by atoms with Gasteiger partial charge in [0.25, 0.3) is 0 Å². The Balaban J connectivity index is 1.82. The number of fused-ring (bicyclic) bond motifs is 1. The molecule has 0 atom stereocenters. The maximum atomic E-state index is 13.6. The molecule has 37 heavy (non-hydrogen) atoms. The summed E-state index contributed by atoms with van der Waals surface area (Å²) >= 11 is 0. The summed E-state index contributed by atoms with van der Waals surface area (Å²) in [5, 5.41) is 1.13. The normalized spacial score (nSPS) is 11.0. The summed E-state index contributed by atoms with van der Waals surface area (Å²) in [6.07, 6.45) is 6.24. The van der Waals surface area contributed by atoms with Crippen LogP contribution < -0.4 is 9.47 Å². The molecule has 0 radical (unpaired) electrons. The molecule has 2 aromatic carbocycles. The quantitative estimate of drug-likeness (QED) is 0.152. The minimum Gasteiger partial charge on any atom is -0.492 e. The number of H-pyrrole nitrogens is 1. The smallest absolute Gasteiger partial charge is 0.347 e. The van der Waals surface area contributed by atoms with Gasteiger partial charge in [-0.2, -0.15) is 0 Å². The fourth-order valence-electron chi connectivity index (χ4n) is 4.21. The third-order valence-electron chi connectivity index (χ3n) is 6.29. The van der Waals surface area contributed by atoms with E-state index in [-0.39, 0.29) is 18.1 Å². The number of nitrogens with one attached hydrogen (secondary N) is 1. The van der Waals surface area contributed by atoms with E-state index >= 15 is 0 Å². The second kappa shape index (κ2) is 12.9. The lowest BCUT2D eigenvalue weighted by atomic mass is 9.99. The molecule has 0 aliphatic carbocycles. The van der Waals surface area contributed by atoms with Crippen LogP contribution in [-0.4, -0.2) is 29.2 Å². The summed E-state index contributed by atoms with van der Waals surface area (Å²) in [6.45, 7) is 7.38. The highest BCUT2D eigenvalue weighted by molar-refractivity contribution is 5.97. The van der Waals surface area contributed by atoms with Crippen LogP contribution in [0.5, 0.6) is 11.6 Å². The van der Waals surface area contributed by atoms with Gasteiger partial charge in [-0.15, -0.1) is 0 Å². The zero-order valence-electron chi connectivity index (χ0n) is 22.0. The van der Waals surface area contributed by atoms with E-state index in [9.17, 15) is 4.79 Å². The number of hydrogen-bond donors (Lipinski definition) is 1. The van der Waals surface area contributed by atoms with Gasteiger partial charge >= 0.3 is 5.97 Å². The number of pyridine rings is 1. The van der Waals surface area contributed by atoms with Crippen molar-refractivity contribution < 1.29 is 19.0 Å². The second-order valence-electron chi connectivity index (χ2n) is 9.05. The van der Waals surface area contributed by atoms with Gasteiger partial charge in [-0.1, -0.05) is 76.1 Å². The van der Waals surface area contributed by atoms with E-state index in [4.69, 9.17) is 19.2 Å². The van der Waals surface area contributed by atoms with Crippen molar-refractivity contribution in [2.24, 2.45) is 0 Å². The van der Waals surface area contributed by atoms with Crippen LogP contribution in [0.3, 0.4) is 0 Å². The summed E-state index contributed by atoms with van der Waals surface area (Å²) in [4.78, 5) is 21.8. The van der Waals surface area contributed by atoms with Crippen molar-refractivity contribution in [1.29, 1.82) is 0 Å². The minimum absolute atomic E-state index is 0.162. The van der Waals surface area contributed by atoms with Gasteiger partial charge < -0.3 is 19.2 Å². The summed E-state index contributed by atoms with van der Waals surface area (Å²) in [5.74, 6) is 0.282. The van der Waals surface area contributed by atoms with E-state index in [0.29, 0.717) is 25.4 Å². The van der Waals surface area contributed by atoms with Gasteiger partial charge in [-0.3, -0.25) is 0 Å². The van der Waals surface area contributed by atoms with Crippen molar-refractivity contribution in [2.45, 2.75) is 59.5 Å². The fourth-order valence-corrected chi connectivity index (χ4v) is 4.21. The van der Waals surface area contributed by atoms with Crippen molar-refractivity contribution in [3.8, 4) is 22.9 Å². The number of unbranched alkanes of at least 4 members (excludes halogenated alkanes) is 2. The molecule has 0 unspecified atom stereocenters. The third-order valence-corrected chi connectivity index (χ3v) is 6.29. The van der Waals surface area contributed by atoms with Gasteiger partial charge in [0.15, 0.2) is 5.56 Å². The highest BCUT2D eigenvalue weighted by atomic mass is 16.5. The molecule has 0 amide bonds. The largest absolute Gasteiger partial charge is 0.492 e. The lowest BCUT2D eigenvalue weighted by Gasteiger charge is -2.21. The zero-order chi connectivity index (χ0) is 26.0. The van der Waals surface area contributed by atoms with Gasteiger partial charge in [0.2, 0.25) is 5.88 Å². The number of aromatic amines is 1. The van der Waals surface area contributed by atoms with Crippen LogP contribution in [0.15, 0.2) is 60.8 Å². The van der Waals surface area contributed by atoms with Crippen molar-refractivity contribution in [3.63, 3.8) is 0 Å².